The lowest BCUT2D eigenvalue weighted by molar-refractivity contribution is -0.137. The van der Waals surface area contributed by atoms with Gasteiger partial charge in [0.15, 0.2) is 0 Å². The van der Waals surface area contributed by atoms with Crippen molar-refractivity contribution in [3.8, 4) is 5.75 Å². The van der Waals surface area contributed by atoms with Gasteiger partial charge in [0.2, 0.25) is 0 Å². The molecule has 0 aliphatic heterocycles. The quantitative estimate of drug-likeness (QED) is 0.857. The fraction of sp³-hybridized carbons (Fsp3) is 0.200. The number of benzene rings is 2. The van der Waals surface area contributed by atoms with E-state index in [2.05, 4.69) is 0 Å². The molecule has 106 valence electrons. The summed E-state index contributed by atoms with van der Waals surface area (Å²) in [6, 6.07) is 10.4. The van der Waals surface area contributed by atoms with Gasteiger partial charge in [-0.25, -0.2) is 0 Å². The van der Waals surface area contributed by atoms with Crippen LogP contribution in [0.5, 0.6) is 5.75 Å². The Morgan fingerprint density at radius 3 is 2.55 bits per heavy atom. The molecular weight excluding hydrogens is 267 g/mol. The second kappa shape index (κ2) is 5.45. The van der Waals surface area contributed by atoms with Crippen LogP contribution in [-0.2, 0) is 12.8 Å². The third kappa shape index (κ3) is 3.44. The van der Waals surface area contributed by atoms with E-state index >= 15 is 0 Å². The summed E-state index contributed by atoms with van der Waals surface area (Å²) >= 11 is 0. The standard InChI is InChI=1S/C15H14F3NO/c1-10-5-6-13(19)14(7-10)20-9-11-3-2-4-12(8-11)15(16,17)18/h2-8H,9,19H2,1H3. The van der Waals surface area contributed by atoms with Crippen molar-refractivity contribution in [2.75, 3.05) is 5.73 Å². The van der Waals surface area contributed by atoms with Crippen molar-refractivity contribution < 1.29 is 17.9 Å². The third-order valence-corrected chi connectivity index (χ3v) is 2.82. The second-order valence-corrected chi connectivity index (χ2v) is 4.53. The summed E-state index contributed by atoms with van der Waals surface area (Å²) < 4.78 is 43.2. The molecule has 0 saturated carbocycles. The predicted molar refractivity (Wildman–Crippen MR) is 71.4 cm³/mol. The molecule has 0 aromatic heterocycles. The Labute approximate surface area is 115 Å². The Hall–Kier alpha value is -2.17. The van der Waals surface area contributed by atoms with E-state index in [1.165, 1.54) is 6.07 Å². The maximum Gasteiger partial charge on any atom is 0.416 e. The molecule has 2 nitrogen and oxygen atoms in total. The Balaban J connectivity index is 2.13. The van der Waals surface area contributed by atoms with Gasteiger partial charge in [-0.1, -0.05) is 18.2 Å². The summed E-state index contributed by atoms with van der Waals surface area (Å²) in [5.41, 5.74) is 6.94. The van der Waals surface area contributed by atoms with E-state index in [0.29, 0.717) is 17.0 Å². The summed E-state index contributed by atoms with van der Waals surface area (Å²) in [6.07, 6.45) is -4.35. The van der Waals surface area contributed by atoms with Crippen LogP contribution in [0, 0.1) is 6.92 Å². The first-order valence-electron chi connectivity index (χ1n) is 6.01. The summed E-state index contributed by atoms with van der Waals surface area (Å²) in [6.45, 7) is 1.92. The second-order valence-electron chi connectivity index (χ2n) is 4.53. The number of rotatable bonds is 3. The first-order valence-corrected chi connectivity index (χ1v) is 6.01. The zero-order chi connectivity index (χ0) is 14.8. The number of ether oxygens (including phenoxy) is 1. The average Bonchev–Trinajstić information content (AvgIpc) is 2.39. The van der Waals surface area contributed by atoms with E-state index in [1.807, 2.05) is 13.0 Å². The van der Waals surface area contributed by atoms with Gasteiger partial charge in [-0.2, -0.15) is 13.2 Å². The molecule has 0 saturated heterocycles. The van der Waals surface area contributed by atoms with E-state index in [4.69, 9.17) is 10.5 Å². The number of halogens is 3. The number of hydrogen-bond donors (Lipinski definition) is 1. The maximum absolute atomic E-state index is 12.6. The van der Waals surface area contributed by atoms with E-state index in [1.54, 1.807) is 18.2 Å². The molecule has 2 N–H and O–H groups in total. The molecule has 0 amide bonds. The van der Waals surface area contributed by atoms with Crippen LogP contribution in [0.1, 0.15) is 16.7 Å². The van der Waals surface area contributed by atoms with Crippen molar-refractivity contribution in [3.63, 3.8) is 0 Å². The van der Waals surface area contributed by atoms with E-state index in [9.17, 15) is 13.2 Å². The molecule has 0 fully saturated rings. The number of nitrogen functional groups attached to an aromatic ring is 1. The average molecular weight is 281 g/mol. The lowest BCUT2D eigenvalue weighted by Crippen LogP contribution is -2.06. The molecule has 20 heavy (non-hydrogen) atoms. The van der Waals surface area contributed by atoms with Crippen LogP contribution in [0.2, 0.25) is 0 Å². The smallest absolute Gasteiger partial charge is 0.416 e. The van der Waals surface area contributed by atoms with Crippen molar-refractivity contribution in [2.24, 2.45) is 0 Å². The van der Waals surface area contributed by atoms with Crippen LogP contribution in [0.15, 0.2) is 42.5 Å². The molecule has 0 bridgehead atoms. The van der Waals surface area contributed by atoms with Gasteiger partial charge >= 0.3 is 6.18 Å². The molecule has 5 heteroatoms. The Kier molecular flexibility index (Phi) is 3.88. The molecule has 2 aromatic rings. The highest BCUT2D eigenvalue weighted by molar-refractivity contribution is 5.53. The molecule has 0 spiro atoms. The van der Waals surface area contributed by atoms with Crippen LogP contribution in [0.4, 0.5) is 18.9 Å². The van der Waals surface area contributed by atoms with Gasteiger partial charge in [0, 0.05) is 0 Å². The molecule has 0 aliphatic carbocycles. The topological polar surface area (TPSA) is 35.2 Å². The van der Waals surface area contributed by atoms with E-state index < -0.39 is 11.7 Å². The number of hydrogen-bond acceptors (Lipinski definition) is 2. The zero-order valence-corrected chi connectivity index (χ0v) is 10.9. The van der Waals surface area contributed by atoms with Crippen LogP contribution in [0.25, 0.3) is 0 Å². The number of anilines is 1. The minimum Gasteiger partial charge on any atom is -0.487 e. The number of aryl methyl sites for hydroxylation is 1. The first kappa shape index (κ1) is 14.2. The largest absolute Gasteiger partial charge is 0.487 e. The maximum atomic E-state index is 12.6. The molecule has 0 unspecified atom stereocenters. The van der Waals surface area contributed by atoms with Gasteiger partial charge in [0.1, 0.15) is 12.4 Å². The van der Waals surface area contributed by atoms with Gasteiger partial charge in [0.25, 0.3) is 0 Å². The minimum atomic E-state index is -4.35. The zero-order valence-electron chi connectivity index (χ0n) is 10.9. The molecule has 0 radical (unpaired) electrons. The molecule has 0 heterocycles. The Morgan fingerprint density at radius 1 is 1.10 bits per heavy atom. The van der Waals surface area contributed by atoms with Crippen LogP contribution in [0.3, 0.4) is 0 Å². The summed E-state index contributed by atoms with van der Waals surface area (Å²) in [5, 5.41) is 0. The summed E-state index contributed by atoms with van der Waals surface area (Å²) in [5.74, 6) is 0.474. The van der Waals surface area contributed by atoms with Crippen LogP contribution in [-0.4, -0.2) is 0 Å². The van der Waals surface area contributed by atoms with Crippen molar-refractivity contribution in [3.05, 3.63) is 59.2 Å². The van der Waals surface area contributed by atoms with Gasteiger partial charge in [-0.05, 0) is 42.3 Å². The molecule has 2 aromatic carbocycles. The minimum absolute atomic E-state index is 0.0393. The van der Waals surface area contributed by atoms with Gasteiger partial charge < -0.3 is 10.5 Å². The van der Waals surface area contributed by atoms with Gasteiger partial charge in [-0.15, -0.1) is 0 Å². The Morgan fingerprint density at radius 2 is 1.85 bits per heavy atom. The van der Waals surface area contributed by atoms with Crippen molar-refractivity contribution in [2.45, 2.75) is 19.7 Å². The van der Waals surface area contributed by atoms with Crippen molar-refractivity contribution in [1.29, 1.82) is 0 Å². The lowest BCUT2D eigenvalue weighted by Gasteiger charge is -2.11. The Bertz CT molecular complexity index is 608. The fourth-order valence-electron chi connectivity index (χ4n) is 1.77. The normalized spacial score (nSPS) is 11.4. The number of nitrogens with two attached hydrogens (primary N) is 1. The van der Waals surface area contributed by atoms with Crippen LogP contribution >= 0.6 is 0 Å². The fourth-order valence-corrected chi connectivity index (χ4v) is 1.77. The predicted octanol–water partition coefficient (Wildman–Crippen LogP) is 4.18. The highest BCUT2D eigenvalue weighted by Gasteiger charge is 2.30. The highest BCUT2D eigenvalue weighted by atomic mass is 19.4. The van der Waals surface area contributed by atoms with E-state index in [-0.39, 0.29) is 6.61 Å². The first-order chi connectivity index (χ1) is 9.36. The van der Waals surface area contributed by atoms with Gasteiger partial charge in [0.05, 0.1) is 11.3 Å². The van der Waals surface area contributed by atoms with Crippen molar-refractivity contribution in [1.82, 2.24) is 0 Å². The summed E-state index contributed by atoms with van der Waals surface area (Å²) in [4.78, 5) is 0. The SMILES string of the molecule is Cc1ccc(N)c(OCc2cccc(C(F)(F)F)c2)c1. The van der Waals surface area contributed by atoms with Gasteiger partial charge in [-0.3, -0.25) is 0 Å². The summed E-state index contributed by atoms with van der Waals surface area (Å²) in [7, 11) is 0. The highest BCUT2D eigenvalue weighted by Crippen LogP contribution is 2.30. The number of alkyl halides is 3. The monoisotopic (exact) mass is 281 g/mol. The molecule has 0 atom stereocenters. The van der Waals surface area contributed by atoms with E-state index in [0.717, 1.165) is 17.7 Å². The molecule has 0 aliphatic rings. The van der Waals surface area contributed by atoms with Crippen molar-refractivity contribution >= 4 is 5.69 Å². The van der Waals surface area contributed by atoms with Crippen LogP contribution < -0.4 is 10.5 Å². The molecular formula is C15H14F3NO. The molecule has 2 rings (SSSR count). The third-order valence-electron chi connectivity index (χ3n) is 2.82. The lowest BCUT2D eigenvalue weighted by atomic mass is 10.1.